The number of carbonyl (C=O) groups is 4. The summed E-state index contributed by atoms with van der Waals surface area (Å²) in [5, 5.41) is 19.1. The van der Waals surface area contributed by atoms with Gasteiger partial charge in [0.05, 0.1) is 30.7 Å². The summed E-state index contributed by atoms with van der Waals surface area (Å²) in [6.45, 7) is 5.62. The van der Waals surface area contributed by atoms with E-state index in [1.54, 1.807) is 11.8 Å². The maximum Gasteiger partial charge on any atom is 0.511 e. The molecule has 214 valence electrons. The van der Waals surface area contributed by atoms with Gasteiger partial charge < -0.3 is 29.1 Å². The van der Waals surface area contributed by atoms with E-state index < -0.39 is 36.5 Å². The van der Waals surface area contributed by atoms with Gasteiger partial charge in [-0.05, 0) is 44.2 Å². The second-order valence-corrected chi connectivity index (χ2v) is 12.0. The number of thiophene rings is 1. The Kier molecular flexibility index (Phi) is 7.88. The predicted octanol–water partition coefficient (Wildman–Crippen LogP) is 3.45. The first-order valence-corrected chi connectivity index (χ1v) is 14.5. The third-order valence-corrected chi connectivity index (χ3v) is 9.35. The molecule has 0 spiro atoms. The molecule has 1 aromatic heterocycles. The van der Waals surface area contributed by atoms with E-state index in [-0.39, 0.29) is 36.0 Å². The highest BCUT2D eigenvalue weighted by Gasteiger charge is 2.60. The number of amides is 2. The number of β-lactam (4-membered cyclic amide) rings is 1. The Morgan fingerprint density at radius 3 is 2.55 bits per heavy atom. The second kappa shape index (κ2) is 11.2. The fourth-order valence-electron chi connectivity index (χ4n) is 6.25. The molecule has 11 nitrogen and oxygen atoms in total. The van der Waals surface area contributed by atoms with Gasteiger partial charge in [0.2, 0.25) is 18.1 Å². The maximum atomic E-state index is 13.5. The fraction of sp³-hybridized carbons (Fsp3) is 0.607. The molecule has 5 atom stereocenters. The minimum atomic E-state index is -1.25. The minimum Gasteiger partial charge on any atom is -0.431 e. The zero-order valence-electron chi connectivity index (χ0n) is 22.8. The molecule has 1 N–H and O–H groups in total. The van der Waals surface area contributed by atoms with Crippen molar-refractivity contribution in [1.29, 1.82) is 5.26 Å². The second-order valence-electron chi connectivity index (χ2n) is 10.9. The highest BCUT2D eigenvalue weighted by Crippen LogP contribution is 2.52. The molecule has 1 unspecified atom stereocenters. The van der Waals surface area contributed by atoms with E-state index in [1.165, 1.54) is 23.2 Å². The lowest BCUT2D eigenvalue weighted by atomic mass is 9.77. The number of fused-ring (bicyclic) bond motifs is 2. The minimum absolute atomic E-state index is 0.0767. The molecule has 12 heteroatoms. The van der Waals surface area contributed by atoms with E-state index in [4.69, 9.17) is 19.5 Å². The van der Waals surface area contributed by atoms with Crippen LogP contribution in [0.15, 0.2) is 11.8 Å². The number of hydrogen-bond acceptors (Lipinski definition) is 10. The summed E-state index contributed by atoms with van der Waals surface area (Å²) in [4.78, 5) is 55.8. The van der Waals surface area contributed by atoms with Crippen LogP contribution in [0.1, 0.15) is 74.6 Å². The van der Waals surface area contributed by atoms with Crippen molar-refractivity contribution in [3.8, 4) is 6.07 Å². The van der Waals surface area contributed by atoms with Crippen LogP contribution in [0.2, 0.25) is 0 Å². The molecule has 2 fully saturated rings. The van der Waals surface area contributed by atoms with Crippen LogP contribution in [0.3, 0.4) is 0 Å². The smallest absolute Gasteiger partial charge is 0.431 e. The van der Waals surface area contributed by atoms with Crippen LogP contribution in [-0.4, -0.2) is 63.4 Å². The average molecular weight is 572 g/mol. The Balaban J connectivity index is 1.36. The number of hydrogen-bond donors (Lipinski definition) is 1. The first-order valence-electron chi connectivity index (χ1n) is 13.7. The summed E-state index contributed by atoms with van der Waals surface area (Å²) in [6.07, 6.45) is 1.18. The third kappa shape index (κ3) is 5.08. The predicted molar refractivity (Wildman–Crippen MR) is 141 cm³/mol. The third-order valence-electron chi connectivity index (χ3n) is 8.16. The van der Waals surface area contributed by atoms with Crippen molar-refractivity contribution < 1.29 is 38.5 Å². The van der Waals surface area contributed by atoms with Crippen LogP contribution in [0.5, 0.6) is 0 Å². The standard InChI is InChI=1S/C28H33N3O8S/c1-14-22(19-11-17-12-30(13-20(17)40-19)21(33)9-10-29)25(31-24(14)23(15(2)32)26(31)34)27(35)37-16(3)38-28(36)39-18-7-5-4-6-8-18/h11,14-16,18,23-24,32H,4-9,12-13H2,1-3H3/t14-,15+,16?,23+,24+/m0/s1. The fourth-order valence-corrected chi connectivity index (χ4v) is 7.59. The monoisotopic (exact) mass is 571 g/mol. The molecule has 0 radical (unpaired) electrons. The first-order chi connectivity index (χ1) is 19.1. The molecule has 0 aromatic carbocycles. The molecule has 3 aliphatic heterocycles. The zero-order valence-corrected chi connectivity index (χ0v) is 23.6. The van der Waals surface area contributed by atoms with Crippen molar-refractivity contribution in [3.63, 3.8) is 0 Å². The number of ether oxygens (including phenoxy) is 3. The Labute approximate surface area is 236 Å². The summed E-state index contributed by atoms with van der Waals surface area (Å²) in [6, 6.07) is 3.38. The number of nitriles is 1. The van der Waals surface area contributed by atoms with Crippen LogP contribution in [0.4, 0.5) is 4.79 Å². The number of carbonyl (C=O) groups excluding carboxylic acids is 4. The van der Waals surface area contributed by atoms with Gasteiger partial charge in [0.25, 0.3) is 0 Å². The van der Waals surface area contributed by atoms with Crippen molar-refractivity contribution >= 4 is 40.8 Å². The molecule has 1 saturated heterocycles. The highest BCUT2D eigenvalue weighted by molar-refractivity contribution is 7.13. The summed E-state index contributed by atoms with van der Waals surface area (Å²) >= 11 is 1.43. The van der Waals surface area contributed by atoms with Crippen molar-refractivity contribution in [1.82, 2.24) is 9.80 Å². The Bertz CT molecular complexity index is 1270. The lowest BCUT2D eigenvalue weighted by molar-refractivity contribution is -0.174. The first kappa shape index (κ1) is 28.1. The molecule has 4 heterocycles. The van der Waals surface area contributed by atoms with E-state index in [0.717, 1.165) is 47.4 Å². The van der Waals surface area contributed by atoms with Gasteiger partial charge in [-0.3, -0.25) is 9.59 Å². The number of esters is 1. The van der Waals surface area contributed by atoms with Crippen LogP contribution in [0, 0.1) is 23.2 Å². The number of aliphatic hydroxyl groups is 1. The van der Waals surface area contributed by atoms with E-state index in [9.17, 15) is 24.3 Å². The van der Waals surface area contributed by atoms with Crippen molar-refractivity contribution in [2.75, 3.05) is 0 Å². The largest absolute Gasteiger partial charge is 0.511 e. The molecular formula is C28H33N3O8S. The maximum absolute atomic E-state index is 13.5. The van der Waals surface area contributed by atoms with Gasteiger partial charge in [0.15, 0.2) is 0 Å². The lowest BCUT2D eigenvalue weighted by Gasteiger charge is -2.46. The summed E-state index contributed by atoms with van der Waals surface area (Å²) in [5.41, 5.74) is 1.62. The van der Waals surface area contributed by atoms with Crippen LogP contribution < -0.4 is 0 Å². The molecular weight excluding hydrogens is 538 g/mol. The molecule has 4 aliphatic rings. The van der Waals surface area contributed by atoms with Gasteiger partial charge in [0, 0.05) is 34.7 Å². The lowest BCUT2D eigenvalue weighted by Crippen LogP contribution is -2.63. The van der Waals surface area contributed by atoms with Crippen LogP contribution in [-0.2, 0) is 41.7 Å². The molecule has 5 rings (SSSR count). The summed E-state index contributed by atoms with van der Waals surface area (Å²) < 4.78 is 16.0. The van der Waals surface area contributed by atoms with E-state index in [1.807, 2.05) is 19.1 Å². The zero-order chi connectivity index (χ0) is 28.7. The summed E-state index contributed by atoms with van der Waals surface area (Å²) in [7, 11) is 0. The van der Waals surface area contributed by atoms with Gasteiger partial charge in [-0.15, -0.1) is 11.3 Å². The SMILES string of the molecule is CC(OC(=O)OC1CCCCC1)OC(=O)C1=C(c2cc3c(s2)CN(C(=O)CC#N)C3)[C@H](C)[C@@H]2[C@@H]([C@@H](C)O)C(=O)N12. The van der Waals surface area contributed by atoms with Gasteiger partial charge >= 0.3 is 12.1 Å². The van der Waals surface area contributed by atoms with Crippen molar-refractivity contribution in [2.24, 2.45) is 11.8 Å². The Hall–Kier alpha value is -3.43. The molecule has 0 bridgehead atoms. The van der Waals surface area contributed by atoms with Crippen LogP contribution in [0.25, 0.3) is 5.57 Å². The van der Waals surface area contributed by atoms with Crippen molar-refractivity contribution in [3.05, 3.63) is 27.1 Å². The Morgan fingerprint density at radius 2 is 1.90 bits per heavy atom. The van der Waals surface area contributed by atoms with Gasteiger partial charge in [-0.25, -0.2) is 9.59 Å². The van der Waals surface area contributed by atoms with E-state index in [2.05, 4.69) is 0 Å². The quantitative estimate of drug-likeness (QED) is 0.295. The molecule has 2 amide bonds. The number of aliphatic hydroxyl groups excluding tert-OH is 1. The highest BCUT2D eigenvalue weighted by atomic mass is 32.1. The number of nitrogens with zero attached hydrogens (tertiary/aromatic N) is 3. The topological polar surface area (TPSA) is 146 Å². The Morgan fingerprint density at radius 1 is 1.18 bits per heavy atom. The molecule has 1 saturated carbocycles. The van der Waals surface area contributed by atoms with Gasteiger partial charge in [-0.2, -0.15) is 5.26 Å². The normalized spacial score (nSPS) is 25.5. The van der Waals surface area contributed by atoms with E-state index >= 15 is 0 Å². The summed E-state index contributed by atoms with van der Waals surface area (Å²) in [5.74, 6) is -2.34. The van der Waals surface area contributed by atoms with E-state index in [0.29, 0.717) is 18.7 Å². The van der Waals surface area contributed by atoms with Crippen LogP contribution >= 0.6 is 11.3 Å². The van der Waals surface area contributed by atoms with Gasteiger partial charge in [-0.1, -0.05) is 13.3 Å². The molecule has 1 aliphatic carbocycles. The molecule has 1 aromatic rings. The average Bonchev–Trinajstić information content (AvgIpc) is 3.53. The number of rotatable bonds is 7. The van der Waals surface area contributed by atoms with Gasteiger partial charge in [0.1, 0.15) is 18.2 Å². The molecule has 40 heavy (non-hydrogen) atoms. The van der Waals surface area contributed by atoms with Crippen molar-refractivity contribution in [2.45, 2.75) is 96.9 Å².